The first-order valence-corrected chi connectivity index (χ1v) is 7.15. The van der Waals surface area contributed by atoms with E-state index in [1.807, 2.05) is 30.3 Å². The summed E-state index contributed by atoms with van der Waals surface area (Å²) in [5.74, 6) is -0.139. The van der Waals surface area contributed by atoms with E-state index in [1.54, 1.807) is 36.2 Å². The Labute approximate surface area is 130 Å². The van der Waals surface area contributed by atoms with Gasteiger partial charge in [0.2, 0.25) is 0 Å². The predicted molar refractivity (Wildman–Crippen MR) is 84.8 cm³/mol. The molecule has 0 aliphatic carbocycles. The molecule has 0 aliphatic rings. The smallest absolute Gasteiger partial charge is 0.254 e. The van der Waals surface area contributed by atoms with Gasteiger partial charge in [-0.15, -0.1) is 0 Å². The van der Waals surface area contributed by atoms with Crippen molar-refractivity contribution in [3.8, 4) is 0 Å². The van der Waals surface area contributed by atoms with Crippen LogP contribution in [-0.2, 0) is 0 Å². The lowest BCUT2D eigenvalue weighted by atomic mass is 10.0. The third kappa shape index (κ3) is 3.59. The molecule has 0 saturated carbocycles. The van der Waals surface area contributed by atoms with E-state index in [1.165, 1.54) is 0 Å². The van der Waals surface area contributed by atoms with E-state index >= 15 is 0 Å². The number of hydrogen-bond acceptors (Lipinski definition) is 3. The molecule has 2 aromatic carbocycles. The summed E-state index contributed by atoms with van der Waals surface area (Å²) in [5, 5.41) is 9.29. The van der Waals surface area contributed by atoms with Crippen LogP contribution in [0.5, 0.6) is 0 Å². The molecule has 0 bridgehead atoms. The number of rotatable bonds is 6. The SMILES string of the molecule is CN(C(=O)c1ccc(C=O)cc1)C(CCO)c1ccccc1. The highest BCUT2D eigenvalue weighted by atomic mass is 16.3. The molecule has 0 aliphatic heterocycles. The Kier molecular flexibility index (Phi) is 5.44. The van der Waals surface area contributed by atoms with Crippen molar-refractivity contribution in [3.63, 3.8) is 0 Å². The van der Waals surface area contributed by atoms with Crippen molar-refractivity contribution in [1.29, 1.82) is 0 Å². The number of amides is 1. The minimum atomic E-state index is -0.190. The molecule has 0 fully saturated rings. The predicted octanol–water partition coefficient (Wildman–Crippen LogP) is 2.69. The number of carbonyl (C=O) groups excluding carboxylic acids is 2. The van der Waals surface area contributed by atoms with Gasteiger partial charge in [0.1, 0.15) is 6.29 Å². The van der Waals surface area contributed by atoms with E-state index < -0.39 is 0 Å². The summed E-state index contributed by atoms with van der Waals surface area (Å²) < 4.78 is 0. The van der Waals surface area contributed by atoms with Gasteiger partial charge in [-0.05, 0) is 24.1 Å². The van der Waals surface area contributed by atoms with Gasteiger partial charge in [-0.1, -0.05) is 42.5 Å². The third-order valence-electron chi connectivity index (χ3n) is 3.67. The van der Waals surface area contributed by atoms with E-state index in [0.29, 0.717) is 17.5 Å². The molecule has 1 atom stereocenters. The van der Waals surface area contributed by atoms with Crippen molar-refractivity contribution in [1.82, 2.24) is 4.90 Å². The third-order valence-corrected chi connectivity index (χ3v) is 3.67. The fourth-order valence-electron chi connectivity index (χ4n) is 2.43. The van der Waals surface area contributed by atoms with E-state index in [0.717, 1.165) is 11.8 Å². The second-order valence-electron chi connectivity index (χ2n) is 5.09. The molecule has 4 heteroatoms. The first kappa shape index (κ1) is 15.9. The maximum absolute atomic E-state index is 12.6. The molecule has 1 unspecified atom stereocenters. The highest BCUT2D eigenvalue weighted by molar-refractivity contribution is 5.95. The Morgan fingerprint density at radius 1 is 1.14 bits per heavy atom. The average molecular weight is 297 g/mol. The van der Waals surface area contributed by atoms with Gasteiger partial charge < -0.3 is 10.0 Å². The van der Waals surface area contributed by atoms with Crippen LogP contribution in [0, 0.1) is 0 Å². The van der Waals surface area contributed by atoms with Crippen molar-refractivity contribution in [3.05, 3.63) is 71.3 Å². The average Bonchev–Trinajstić information content (AvgIpc) is 2.59. The zero-order valence-corrected chi connectivity index (χ0v) is 12.5. The Morgan fingerprint density at radius 3 is 2.32 bits per heavy atom. The minimum Gasteiger partial charge on any atom is -0.396 e. The molecule has 2 aromatic rings. The Morgan fingerprint density at radius 2 is 1.77 bits per heavy atom. The zero-order valence-electron chi connectivity index (χ0n) is 12.5. The highest BCUT2D eigenvalue weighted by Crippen LogP contribution is 2.24. The summed E-state index contributed by atoms with van der Waals surface area (Å²) >= 11 is 0. The van der Waals surface area contributed by atoms with Crippen LogP contribution in [0.2, 0.25) is 0 Å². The monoisotopic (exact) mass is 297 g/mol. The van der Waals surface area contributed by atoms with Crippen molar-refractivity contribution < 1.29 is 14.7 Å². The van der Waals surface area contributed by atoms with Gasteiger partial charge in [0.05, 0.1) is 6.04 Å². The maximum Gasteiger partial charge on any atom is 0.254 e. The van der Waals surface area contributed by atoms with Crippen LogP contribution in [-0.4, -0.2) is 35.9 Å². The fraction of sp³-hybridized carbons (Fsp3) is 0.222. The number of aldehydes is 1. The minimum absolute atomic E-state index is 0.00125. The molecule has 22 heavy (non-hydrogen) atoms. The van der Waals surface area contributed by atoms with Crippen LogP contribution < -0.4 is 0 Å². The number of benzene rings is 2. The summed E-state index contributed by atoms with van der Waals surface area (Å²) in [4.78, 5) is 24.9. The van der Waals surface area contributed by atoms with Gasteiger partial charge in [-0.3, -0.25) is 9.59 Å². The summed E-state index contributed by atoms with van der Waals surface area (Å²) in [5.41, 5.74) is 2.04. The second-order valence-corrected chi connectivity index (χ2v) is 5.09. The lowest BCUT2D eigenvalue weighted by molar-refractivity contribution is 0.0705. The van der Waals surface area contributed by atoms with E-state index in [4.69, 9.17) is 0 Å². The summed E-state index contributed by atoms with van der Waals surface area (Å²) in [6.07, 6.45) is 1.22. The molecule has 4 nitrogen and oxygen atoms in total. The topological polar surface area (TPSA) is 57.6 Å². The molecule has 0 heterocycles. The molecule has 0 saturated heterocycles. The highest BCUT2D eigenvalue weighted by Gasteiger charge is 2.22. The van der Waals surface area contributed by atoms with Crippen LogP contribution in [0.25, 0.3) is 0 Å². The van der Waals surface area contributed by atoms with Crippen molar-refractivity contribution in [2.45, 2.75) is 12.5 Å². The first-order chi connectivity index (χ1) is 10.7. The molecule has 2 rings (SSSR count). The Bertz CT molecular complexity index is 623. The number of hydrogen-bond donors (Lipinski definition) is 1. The quantitative estimate of drug-likeness (QED) is 0.834. The zero-order chi connectivity index (χ0) is 15.9. The summed E-state index contributed by atoms with van der Waals surface area (Å²) in [7, 11) is 1.73. The van der Waals surface area contributed by atoms with Crippen LogP contribution in [0.15, 0.2) is 54.6 Å². The standard InChI is InChI=1S/C18H19NO3/c1-19(17(11-12-20)15-5-3-2-4-6-15)18(22)16-9-7-14(13-21)8-10-16/h2-10,13,17,20H,11-12H2,1H3. The molecule has 0 aromatic heterocycles. The largest absolute Gasteiger partial charge is 0.396 e. The number of aliphatic hydroxyl groups excluding tert-OH is 1. The molecule has 0 spiro atoms. The van der Waals surface area contributed by atoms with Crippen molar-refractivity contribution in [2.24, 2.45) is 0 Å². The normalized spacial score (nSPS) is 11.7. The fourth-order valence-corrected chi connectivity index (χ4v) is 2.43. The molecular weight excluding hydrogens is 278 g/mol. The maximum atomic E-state index is 12.6. The van der Waals surface area contributed by atoms with Crippen LogP contribution >= 0.6 is 0 Å². The van der Waals surface area contributed by atoms with Gasteiger partial charge >= 0.3 is 0 Å². The van der Waals surface area contributed by atoms with E-state index in [2.05, 4.69) is 0 Å². The summed E-state index contributed by atoms with van der Waals surface area (Å²) in [6, 6.07) is 16.0. The van der Waals surface area contributed by atoms with E-state index in [-0.39, 0.29) is 18.6 Å². The number of nitrogens with zero attached hydrogens (tertiary/aromatic N) is 1. The lowest BCUT2D eigenvalue weighted by Crippen LogP contribution is -2.31. The molecule has 0 radical (unpaired) electrons. The summed E-state index contributed by atoms with van der Waals surface area (Å²) in [6.45, 7) is 0.00125. The molecule has 114 valence electrons. The Hall–Kier alpha value is -2.46. The van der Waals surface area contributed by atoms with Gasteiger partial charge in [-0.2, -0.15) is 0 Å². The van der Waals surface area contributed by atoms with Gasteiger partial charge in [0.15, 0.2) is 0 Å². The van der Waals surface area contributed by atoms with Crippen molar-refractivity contribution >= 4 is 12.2 Å². The number of carbonyl (C=O) groups is 2. The van der Waals surface area contributed by atoms with Gasteiger partial charge in [0, 0.05) is 24.8 Å². The van der Waals surface area contributed by atoms with E-state index in [9.17, 15) is 14.7 Å². The molecular formula is C18H19NO3. The first-order valence-electron chi connectivity index (χ1n) is 7.15. The van der Waals surface area contributed by atoms with Crippen LogP contribution in [0.1, 0.15) is 38.7 Å². The van der Waals surface area contributed by atoms with Crippen LogP contribution in [0.4, 0.5) is 0 Å². The van der Waals surface area contributed by atoms with Gasteiger partial charge in [-0.25, -0.2) is 0 Å². The number of aliphatic hydroxyl groups is 1. The molecule has 1 amide bonds. The van der Waals surface area contributed by atoms with Gasteiger partial charge in [0.25, 0.3) is 5.91 Å². The molecule has 1 N–H and O–H groups in total. The lowest BCUT2D eigenvalue weighted by Gasteiger charge is -2.28. The Balaban J connectivity index is 2.23. The second kappa shape index (κ2) is 7.52. The van der Waals surface area contributed by atoms with Crippen LogP contribution in [0.3, 0.4) is 0 Å². The van der Waals surface area contributed by atoms with Crippen molar-refractivity contribution in [2.75, 3.05) is 13.7 Å².